The first-order valence-corrected chi connectivity index (χ1v) is 7.00. The third-order valence-electron chi connectivity index (χ3n) is 2.00. The molecule has 88 valence electrons. The molecule has 0 heterocycles. The molecule has 0 radical (unpaired) electrons. The summed E-state index contributed by atoms with van der Waals surface area (Å²) in [4.78, 5) is 10.2. The zero-order valence-corrected chi connectivity index (χ0v) is 11.3. The van der Waals surface area contributed by atoms with Crippen LogP contribution in [0.3, 0.4) is 0 Å². The molecular formula is C10H13BrN2O2S. The fraction of sp³-hybridized carbons (Fsp3) is 0.400. The van der Waals surface area contributed by atoms with Gasteiger partial charge in [0.25, 0.3) is 5.69 Å². The molecule has 0 saturated heterocycles. The van der Waals surface area contributed by atoms with Gasteiger partial charge in [0, 0.05) is 18.3 Å². The molecule has 0 aliphatic rings. The summed E-state index contributed by atoms with van der Waals surface area (Å²) in [6.45, 7) is 0.880. The summed E-state index contributed by atoms with van der Waals surface area (Å²) < 4.78 is 0.507. The van der Waals surface area contributed by atoms with Crippen LogP contribution in [-0.2, 0) is 0 Å². The number of thioether (sulfide) groups is 1. The molecule has 0 saturated carbocycles. The van der Waals surface area contributed by atoms with E-state index in [0.29, 0.717) is 4.47 Å². The van der Waals surface area contributed by atoms with E-state index in [1.165, 1.54) is 6.07 Å². The number of benzene rings is 1. The van der Waals surface area contributed by atoms with Crippen LogP contribution in [-0.4, -0.2) is 23.5 Å². The van der Waals surface area contributed by atoms with Crippen LogP contribution >= 0.6 is 27.7 Å². The zero-order chi connectivity index (χ0) is 12.0. The first-order chi connectivity index (χ1) is 7.65. The van der Waals surface area contributed by atoms with Gasteiger partial charge in [0.05, 0.1) is 9.40 Å². The Bertz CT molecular complexity index is 374. The van der Waals surface area contributed by atoms with E-state index < -0.39 is 4.92 Å². The minimum absolute atomic E-state index is 0.0923. The van der Waals surface area contributed by atoms with Crippen molar-refractivity contribution < 1.29 is 4.92 Å². The van der Waals surface area contributed by atoms with E-state index in [1.807, 2.05) is 11.8 Å². The van der Waals surface area contributed by atoms with Crippen molar-refractivity contribution in [3.63, 3.8) is 0 Å². The van der Waals surface area contributed by atoms with Gasteiger partial charge in [0.15, 0.2) is 0 Å². The molecule has 1 N–H and O–H groups in total. The maximum absolute atomic E-state index is 10.6. The fourth-order valence-electron chi connectivity index (χ4n) is 1.21. The Kier molecular flexibility index (Phi) is 5.62. The number of halogens is 1. The van der Waals surface area contributed by atoms with Gasteiger partial charge in [-0.05, 0) is 46.5 Å². The number of anilines is 1. The Labute approximate surface area is 107 Å². The van der Waals surface area contributed by atoms with Gasteiger partial charge in [0.1, 0.15) is 0 Å². The average Bonchev–Trinajstić information content (AvgIpc) is 2.24. The van der Waals surface area contributed by atoms with Crippen LogP contribution in [0.25, 0.3) is 0 Å². The van der Waals surface area contributed by atoms with Crippen molar-refractivity contribution in [2.45, 2.75) is 6.42 Å². The summed E-state index contributed by atoms with van der Waals surface area (Å²) >= 11 is 4.99. The van der Waals surface area contributed by atoms with Crippen LogP contribution in [0.1, 0.15) is 6.42 Å². The number of nitrogens with one attached hydrogen (secondary N) is 1. The van der Waals surface area contributed by atoms with E-state index in [9.17, 15) is 10.1 Å². The van der Waals surface area contributed by atoms with Crippen molar-refractivity contribution in [1.82, 2.24) is 0 Å². The number of hydrogen-bond donors (Lipinski definition) is 1. The van der Waals surface area contributed by atoms with Gasteiger partial charge < -0.3 is 5.32 Å². The lowest BCUT2D eigenvalue weighted by molar-refractivity contribution is -0.385. The van der Waals surface area contributed by atoms with Crippen LogP contribution in [0.2, 0.25) is 0 Å². The van der Waals surface area contributed by atoms with Crippen molar-refractivity contribution >= 4 is 39.1 Å². The molecule has 16 heavy (non-hydrogen) atoms. The molecule has 0 aromatic heterocycles. The SMILES string of the molecule is CSCCCNc1ccc([N+](=O)[O-])c(Br)c1. The predicted molar refractivity (Wildman–Crippen MR) is 72.3 cm³/mol. The molecule has 0 atom stereocenters. The van der Waals surface area contributed by atoms with Gasteiger partial charge in [-0.2, -0.15) is 11.8 Å². The van der Waals surface area contributed by atoms with Crippen molar-refractivity contribution in [2.24, 2.45) is 0 Å². The summed E-state index contributed by atoms with van der Waals surface area (Å²) in [5.41, 5.74) is 0.994. The first kappa shape index (κ1) is 13.3. The lowest BCUT2D eigenvalue weighted by Gasteiger charge is -2.06. The van der Waals surface area contributed by atoms with E-state index in [-0.39, 0.29) is 5.69 Å². The molecule has 0 bridgehead atoms. The normalized spacial score (nSPS) is 10.1. The Morgan fingerprint density at radius 3 is 2.88 bits per heavy atom. The molecule has 0 aliphatic heterocycles. The number of nitro benzene ring substituents is 1. The smallest absolute Gasteiger partial charge is 0.283 e. The van der Waals surface area contributed by atoms with Gasteiger partial charge in [-0.3, -0.25) is 10.1 Å². The first-order valence-electron chi connectivity index (χ1n) is 4.82. The third kappa shape index (κ3) is 4.02. The highest BCUT2D eigenvalue weighted by atomic mass is 79.9. The second kappa shape index (κ2) is 6.75. The van der Waals surface area contributed by atoms with Gasteiger partial charge in [-0.15, -0.1) is 0 Å². The van der Waals surface area contributed by atoms with E-state index in [1.54, 1.807) is 12.1 Å². The monoisotopic (exact) mass is 304 g/mol. The average molecular weight is 305 g/mol. The molecule has 0 amide bonds. The minimum Gasteiger partial charge on any atom is -0.385 e. The van der Waals surface area contributed by atoms with E-state index in [4.69, 9.17) is 0 Å². The molecule has 4 nitrogen and oxygen atoms in total. The van der Waals surface area contributed by atoms with Crippen molar-refractivity contribution in [3.8, 4) is 0 Å². The van der Waals surface area contributed by atoms with Gasteiger partial charge in [0.2, 0.25) is 0 Å². The van der Waals surface area contributed by atoms with E-state index >= 15 is 0 Å². The summed E-state index contributed by atoms with van der Waals surface area (Å²) in [5, 5.41) is 13.8. The summed E-state index contributed by atoms with van der Waals surface area (Å²) in [6.07, 6.45) is 3.15. The van der Waals surface area contributed by atoms with Crippen LogP contribution in [0.5, 0.6) is 0 Å². The Morgan fingerprint density at radius 2 is 2.31 bits per heavy atom. The highest BCUT2D eigenvalue weighted by Crippen LogP contribution is 2.27. The van der Waals surface area contributed by atoms with Crippen LogP contribution in [0.15, 0.2) is 22.7 Å². The molecule has 1 rings (SSSR count). The summed E-state index contributed by atoms with van der Waals surface area (Å²) in [7, 11) is 0. The maximum atomic E-state index is 10.6. The van der Waals surface area contributed by atoms with Gasteiger partial charge in [-0.1, -0.05) is 0 Å². The number of rotatable bonds is 6. The number of nitro groups is 1. The fourth-order valence-corrected chi connectivity index (χ4v) is 2.17. The summed E-state index contributed by atoms with van der Waals surface area (Å²) in [6, 6.07) is 4.96. The Hall–Kier alpha value is -0.750. The van der Waals surface area contributed by atoms with Crippen molar-refractivity contribution in [3.05, 3.63) is 32.8 Å². The minimum atomic E-state index is -0.401. The van der Waals surface area contributed by atoms with Crippen molar-refractivity contribution in [2.75, 3.05) is 23.9 Å². The largest absolute Gasteiger partial charge is 0.385 e. The van der Waals surface area contributed by atoms with Crippen LogP contribution in [0, 0.1) is 10.1 Å². The topological polar surface area (TPSA) is 55.2 Å². The van der Waals surface area contributed by atoms with Crippen LogP contribution in [0.4, 0.5) is 11.4 Å². The molecule has 0 spiro atoms. The van der Waals surface area contributed by atoms with Gasteiger partial charge >= 0.3 is 0 Å². The predicted octanol–water partition coefficient (Wildman–Crippen LogP) is 3.52. The number of nitrogens with zero attached hydrogens (tertiary/aromatic N) is 1. The maximum Gasteiger partial charge on any atom is 0.283 e. The molecular weight excluding hydrogens is 292 g/mol. The standard InChI is InChI=1S/C10H13BrN2O2S/c1-16-6-2-5-12-8-3-4-10(13(14)15)9(11)7-8/h3-4,7,12H,2,5-6H2,1H3. The lowest BCUT2D eigenvalue weighted by atomic mass is 10.3. The van der Waals surface area contributed by atoms with E-state index in [0.717, 1.165) is 24.4 Å². The molecule has 0 fully saturated rings. The van der Waals surface area contributed by atoms with Crippen LogP contribution < -0.4 is 5.32 Å². The zero-order valence-electron chi connectivity index (χ0n) is 8.90. The second-order valence-corrected chi connectivity index (χ2v) is 5.04. The lowest BCUT2D eigenvalue weighted by Crippen LogP contribution is -2.02. The molecule has 0 unspecified atom stereocenters. The molecule has 0 aliphatic carbocycles. The molecule has 6 heteroatoms. The highest BCUT2D eigenvalue weighted by Gasteiger charge is 2.10. The highest BCUT2D eigenvalue weighted by molar-refractivity contribution is 9.10. The quantitative estimate of drug-likeness (QED) is 0.496. The Morgan fingerprint density at radius 1 is 1.56 bits per heavy atom. The second-order valence-electron chi connectivity index (χ2n) is 3.20. The number of hydrogen-bond acceptors (Lipinski definition) is 4. The molecule has 1 aromatic carbocycles. The third-order valence-corrected chi connectivity index (χ3v) is 3.33. The summed E-state index contributed by atoms with van der Waals surface area (Å²) in [5.74, 6) is 1.11. The van der Waals surface area contributed by atoms with Gasteiger partial charge in [-0.25, -0.2) is 0 Å². The molecule has 1 aromatic rings. The Balaban J connectivity index is 2.56. The van der Waals surface area contributed by atoms with Crippen molar-refractivity contribution in [1.29, 1.82) is 0 Å². The van der Waals surface area contributed by atoms with E-state index in [2.05, 4.69) is 27.5 Å².